The van der Waals surface area contributed by atoms with Crippen LogP contribution in [0.15, 0.2) is 67.0 Å². The highest BCUT2D eigenvalue weighted by molar-refractivity contribution is 5.93. The molecule has 2 aromatic heterocycles. The van der Waals surface area contributed by atoms with Crippen LogP contribution < -0.4 is 10.1 Å². The molecule has 2 aromatic carbocycles. The van der Waals surface area contributed by atoms with E-state index in [-0.39, 0.29) is 5.91 Å². The minimum Gasteiger partial charge on any atom is -0.457 e. The Hall–Kier alpha value is -3.87. The van der Waals surface area contributed by atoms with E-state index in [4.69, 9.17) is 4.74 Å². The molecule has 146 valence electrons. The van der Waals surface area contributed by atoms with Crippen LogP contribution in [0.1, 0.15) is 21.6 Å². The first-order valence-electron chi connectivity index (χ1n) is 9.23. The second kappa shape index (κ2) is 8.02. The number of hydrogen-bond acceptors (Lipinski definition) is 4. The Kier molecular flexibility index (Phi) is 5.11. The van der Waals surface area contributed by atoms with Crippen LogP contribution in [0, 0.1) is 6.92 Å². The largest absolute Gasteiger partial charge is 0.457 e. The van der Waals surface area contributed by atoms with Crippen molar-refractivity contribution >= 4 is 5.91 Å². The summed E-state index contributed by atoms with van der Waals surface area (Å²) in [5, 5.41) is 13.9. The molecular formula is C22H21N5O2. The fraction of sp³-hybridized carbons (Fsp3) is 0.136. The summed E-state index contributed by atoms with van der Waals surface area (Å²) in [6.07, 6.45) is 3.55. The van der Waals surface area contributed by atoms with Gasteiger partial charge in [0.1, 0.15) is 17.2 Å². The first-order valence-corrected chi connectivity index (χ1v) is 9.23. The number of carbonyl (C=O) groups is 1. The molecule has 29 heavy (non-hydrogen) atoms. The monoisotopic (exact) mass is 387 g/mol. The number of nitrogens with zero attached hydrogens (tertiary/aromatic N) is 3. The van der Waals surface area contributed by atoms with Crippen molar-refractivity contribution in [1.82, 2.24) is 25.3 Å². The summed E-state index contributed by atoms with van der Waals surface area (Å²) in [7, 11) is 1.83. The Balaban J connectivity index is 1.33. The van der Waals surface area contributed by atoms with Crippen molar-refractivity contribution in [3.8, 4) is 22.8 Å². The number of rotatable bonds is 6. The van der Waals surface area contributed by atoms with Crippen LogP contribution in [-0.2, 0) is 13.6 Å². The van der Waals surface area contributed by atoms with E-state index in [0.29, 0.717) is 17.9 Å². The van der Waals surface area contributed by atoms with Gasteiger partial charge in [0.05, 0.1) is 11.9 Å². The third kappa shape index (κ3) is 4.52. The van der Waals surface area contributed by atoms with Crippen molar-refractivity contribution in [2.45, 2.75) is 13.5 Å². The number of H-pyrrole nitrogens is 1. The molecule has 7 nitrogen and oxygen atoms in total. The van der Waals surface area contributed by atoms with Crippen LogP contribution in [0.4, 0.5) is 0 Å². The van der Waals surface area contributed by atoms with E-state index in [0.717, 1.165) is 22.6 Å². The Morgan fingerprint density at radius 3 is 2.45 bits per heavy atom. The molecule has 0 fully saturated rings. The van der Waals surface area contributed by atoms with Gasteiger partial charge in [-0.2, -0.15) is 10.2 Å². The summed E-state index contributed by atoms with van der Waals surface area (Å²) in [5.41, 5.74) is 4.10. The van der Waals surface area contributed by atoms with Crippen LogP contribution in [0.25, 0.3) is 11.3 Å². The molecule has 0 bridgehead atoms. The second-order valence-corrected chi connectivity index (χ2v) is 6.81. The van der Waals surface area contributed by atoms with Gasteiger partial charge in [-0.1, -0.05) is 29.8 Å². The van der Waals surface area contributed by atoms with Crippen LogP contribution in [0.5, 0.6) is 11.5 Å². The topological polar surface area (TPSA) is 84.8 Å². The fourth-order valence-corrected chi connectivity index (χ4v) is 2.83. The summed E-state index contributed by atoms with van der Waals surface area (Å²) >= 11 is 0. The molecule has 0 atom stereocenters. The van der Waals surface area contributed by atoms with Gasteiger partial charge in [0.25, 0.3) is 5.91 Å². The van der Waals surface area contributed by atoms with Crippen molar-refractivity contribution in [2.24, 2.45) is 7.05 Å². The summed E-state index contributed by atoms with van der Waals surface area (Å²) in [6, 6.07) is 17.2. The zero-order valence-electron chi connectivity index (χ0n) is 16.2. The first-order chi connectivity index (χ1) is 14.1. The normalized spacial score (nSPS) is 10.7. The number of aryl methyl sites for hydroxylation is 2. The molecule has 2 N–H and O–H groups in total. The number of amides is 1. The summed E-state index contributed by atoms with van der Waals surface area (Å²) in [5.74, 6) is 1.33. The van der Waals surface area contributed by atoms with Gasteiger partial charge in [-0.3, -0.25) is 14.6 Å². The molecule has 2 heterocycles. The third-order valence-electron chi connectivity index (χ3n) is 4.46. The lowest BCUT2D eigenvalue weighted by Crippen LogP contribution is -2.23. The van der Waals surface area contributed by atoms with Crippen molar-refractivity contribution in [2.75, 3.05) is 0 Å². The molecule has 0 saturated carbocycles. The average molecular weight is 387 g/mol. The SMILES string of the molecule is Cc1ccc(Oc2ccc(CNC(=O)c3cc(-c4cnn(C)c4)n[nH]3)cc2)cc1. The molecular weight excluding hydrogens is 366 g/mol. The lowest BCUT2D eigenvalue weighted by atomic mass is 10.2. The molecule has 7 heteroatoms. The smallest absolute Gasteiger partial charge is 0.269 e. The molecule has 0 aliphatic rings. The zero-order valence-corrected chi connectivity index (χ0v) is 16.2. The predicted molar refractivity (Wildman–Crippen MR) is 110 cm³/mol. The minimum atomic E-state index is -0.215. The molecule has 0 aliphatic heterocycles. The average Bonchev–Trinajstić information content (AvgIpc) is 3.38. The van der Waals surface area contributed by atoms with Gasteiger partial charge in [0.15, 0.2) is 0 Å². The van der Waals surface area contributed by atoms with Gasteiger partial charge in [-0.25, -0.2) is 0 Å². The highest BCUT2D eigenvalue weighted by atomic mass is 16.5. The summed E-state index contributed by atoms with van der Waals surface area (Å²) < 4.78 is 7.51. The van der Waals surface area contributed by atoms with Gasteiger partial charge in [-0.05, 0) is 42.8 Å². The van der Waals surface area contributed by atoms with Crippen LogP contribution in [0.3, 0.4) is 0 Å². The van der Waals surface area contributed by atoms with Crippen LogP contribution >= 0.6 is 0 Å². The van der Waals surface area contributed by atoms with Crippen LogP contribution in [-0.4, -0.2) is 25.9 Å². The Morgan fingerprint density at radius 1 is 1.10 bits per heavy atom. The minimum absolute atomic E-state index is 0.215. The van der Waals surface area contributed by atoms with Gasteiger partial charge in [-0.15, -0.1) is 0 Å². The second-order valence-electron chi connectivity index (χ2n) is 6.81. The van der Waals surface area contributed by atoms with Gasteiger partial charge in [0, 0.05) is 25.4 Å². The maximum atomic E-state index is 12.4. The molecule has 0 unspecified atom stereocenters. The lowest BCUT2D eigenvalue weighted by Gasteiger charge is -2.08. The van der Waals surface area contributed by atoms with E-state index < -0.39 is 0 Å². The van der Waals surface area contributed by atoms with Gasteiger partial charge >= 0.3 is 0 Å². The van der Waals surface area contributed by atoms with E-state index in [9.17, 15) is 4.79 Å². The molecule has 0 saturated heterocycles. The van der Waals surface area contributed by atoms with Gasteiger partial charge < -0.3 is 10.1 Å². The highest BCUT2D eigenvalue weighted by Crippen LogP contribution is 2.22. The molecule has 1 amide bonds. The number of aromatic amines is 1. The Labute approximate surface area is 168 Å². The lowest BCUT2D eigenvalue weighted by molar-refractivity contribution is 0.0946. The number of aromatic nitrogens is 4. The van der Waals surface area contributed by atoms with Crippen molar-refractivity contribution in [3.63, 3.8) is 0 Å². The molecule has 0 spiro atoms. The molecule has 0 radical (unpaired) electrons. The molecule has 4 aromatic rings. The predicted octanol–water partition coefficient (Wildman–Crippen LogP) is 3.84. The maximum absolute atomic E-state index is 12.4. The van der Waals surface area contributed by atoms with E-state index in [2.05, 4.69) is 20.6 Å². The third-order valence-corrected chi connectivity index (χ3v) is 4.46. The molecule has 0 aliphatic carbocycles. The quantitative estimate of drug-likeness (QED) is 0.526. The highest BCUT2D eigenvalue weighted by Gasteiger charge is 2.12. The fourth-order valence-electron chi connectivity index (χ4n) is 2.83. The standard InChI is InChI=1S/C22H21N5O2/c1-15-3-7-18(8-4-15)29-19-9-5-16(6-10-19)12-23-22(28)21-11-20(25-26-21)17-13-24-27(2)14-17/h3-11,13-14H,12H2,1-2H3,(H,23,28)(H,25,26). The number of benzene rings is 2. The zero-order chi connectivity index (χ0) is 20.2. The van der Waals surface area contributed by atoms with Crippen molar-refractivity contribution in [1.29, 1.82) is 0 Å². The molecule has 4 rings (SSSR count). The summed E-state index contributed by atoms with van der Waals surface area (Å²) in [6.45, 7) is 2.45. The summed E-state index contributed by atoms with van der Waals surface area (Å²) in [4.78, 5) is 12.4. The van der Waals surface area contributed by atoms with Crippen LogP contribution in [0.2, 0.25) is 0 Å². The van der Waals surface area contributed by atoms with Crippen molar-refractivity contribution in [3.05, 3.63) is 83.8 Å². The van der Waals surface area contributed by atoms with E-state index in [1.165, 1.54) is 5.56 Å². The Bertz CT molecular complexity index is 1110. The van der Waals surface area contributed by atoms with Gasteiger partial charge in [0.2, 0.25) is 0 Å². The number of hydrogen-bond donors (Lipinski definition) is 2. The van der Waals surface area contributed by atoms with E-state index in [1.807, 2.05) is 68.7 Å². The van der Waals surface area contributed by atoms with Crippen molar-refractivity contribution < 1.29 is 9.53 Å². The number of carbonyl (C=O) groups excluding carboxylic acids is 1. The maximum Gasteiger partial charge on any atom is 0.269 e. The Morgan fingerprint density at radius 2 is 1.79 bits per heavy atom. The number of nitrogens with one attached hydrogen (secondary N) is 2. The van der Waals surface area contributed by atoms with E-state index in [1.54, 1.807) is 16.9 Å². The number of ether oxygens (including phenoxy) is 1. The van der Waals surface area contributed by atoms with E-state index >= 15 is 0 Å². The first kappa shape index (κ1) is 18.5.